The maximum Gasteiger partial charge on any atom is 0.147 e. The number of nitrogens with zero attached hydrogens (tertiary/aromatic N) is 5. The van der Waals surface area contributed by atoms with Crippen LogP contribution in [0.5, 0.6) is 0 Å². The van der Waals surface area contributed by atoms with Gasteiger partial charge in [0.25, 0.3) is 0 Å². The summed E-state index contributed by atoms with van der Waals surface area (Å²) in [4.78, 5) is 5.11. The van der Waals surface area contributed by atoms with E-state index in [1.165, 1.54) is 25.8 Å². The summed E-state index contributed by atoms with van der Waals surface area (Å²) in [6.07, 6.45) is 5.46. The lowest BCUT2D eigenvalue weighted by atomic mass is 9.88. The van der Waals surface area contributed by atoms with Gasteiger partial charge in [-0.05, 0) is 38.9 Å². The molecule has 0 saturated carbocycles. The van der Waals surface area contributed by atoms with E-state index in [1.807, 2.05) is 6.33 Å². The topological polar surface area (TPSA) is 63.2 Å². The molecule has 2 aliphatic rings. The molecule has 1 saturated heterocycles. The zero-order valence-electron chi connectivity index (χ0n) is 12.5. The van der Waals surface area contributed by atoms with Crippen LogP contribution in [0.25, 0.3) is 0 Å². The minimum absolute atomic E-state index is 0.154. The number of aromatic nitrogens is 3. The first-order chi connectivity index (χ1) is 9.77. The summed E-state index contributed by atoms with van der Waals surface area (Å²) in [5.74, 6) is 1.08. The van der Waals surface area contributed by atoms with E-state index < -0.39 is 0 Å². The van der Waals surface area contributed by atoms with Crippen LogP contribution >= 0.6 is 0 Å². The van der Waals surface area contributed by atoms with Crippen molar-refractivity contribution >= 4 is 0 Å². The van der Waals surface area contributed by atoms with Crippen molar-refractivity contribution in [1.82, 2.24) is 24.6 Å². The third kappa shape index (κ3) is 2.47. The average molecular weight is 278 g/mol. The molecule has 6 nitrogen and oxygen atoms in total. The van der Waals surface area contributed by atoms with Crippen LogP contribution in [-0.4, -0.2) is 62.8 Å². The normalized spacial score (nSPS) is 29.1. The Kier molecular flexibility index (Phi) is 4.05. The fourth-order valence-corrected chi connectivity index (χ4v) is 3.67. The van der Waals surface area contributed by atoms with Gasteiger partial charge in [-0.25, -0.2) is 0 Å². The maximum atomic E-state index is 6.22. The molecule has 1 fully saturated rings. The molecule has 1 aromatic heterocycles. The smallest absolute Gasteiger partial charge is 0.147 e. The summed E-state index contributed by atoms with van der Waals surface area (Å²) >= 11 is 0. The standard InChI is InChI=1S/C14H26N6/c1-2-18-6-3-4-14(11-15,5-7-18)20-9-8-19-12-16-17-13(19)10-20/h12H,2-11,15H2,1H3. The Morgan fingerprint density at radius 2 is 2.15 bits per heavy atom. The van der Waals surface area contributed by atoms with E-state index >= 15 is 0 Å². The van der Waals surface area contributed by atoms with E-state index in [0.29, 0.717) is 0 Å². The lowest BCUT2D eigenvalue weighted by Crippen LogP contribution is -2.56. The summed E-state index contributed by atoms with van der Waals surface area (Å²) in [5.41, 5.74) is 6.37. The first-order valence-corrected chi connectivity index (χ1v) is 7.81. The predicted octanol–water partition coefficient (Wildman–Crippen LogP) is 0.297. The first kappa shape index (κ1) is 14.0. The molecule has 112 valence electrons. The van der Waals surface area contributed by atoms with E-state index in [9.17, 15) is 0 Å². The van der Waals surface area contributed by atoms with Gasteiger partial charge in [0, 0.05) is 25.2 Å². The van der Waals surface area contributed by atoms with Gasteiger partial charge in [0.05, 0.1) is 6.54 Å². The van der Waals surface area contributed by atoms with Gasteiger partial charge in [0.2, 0.25) is 0 Å². The molecule has 3 heterocycles. The van der Waals surface area contributed by atoms with Crippen molar-refractivity contribution in [1.29, 1.82) is 0 Å². The summed E-state index contributed by atoms with van der Waals surface area (Å²) in [6, 6.07) is 0. The molecule has 1 atom stereocenters. The third-order valence-corrected chi connectivity index (χ3v) is 5.15. The van der Waals surface area contributed by atoms with Crippen molar-refractivity contribution in [2.45, 2.75) is 44.8 Å². The molecule has 0 amide bonds. The minimum atomic E-state index is 0.154. The van der Waals surface area contributed by atoms with Gasteiger partial charge < -0.3 is 15.2 Å². The van der Waals surface area contributed by atoms with Gasteiger partial charge in [-0.2, -0.15) is 0 Å². The lowest BCUT2D eigenvalue weighted by Gasteiger charge is -2.44. The van der Waals surface area contributed by atoms with Gasteiger partial charge in [0.15, 0.2) is 0 Å². The molecule has 0 aliphatic carbocycles. The van der Waals surface area contributed by atoms with Gasteiger partial charge in [-0.1, -0.05) is 6.92 Å². The Bertz CT molecular complexity index is 445. The zero-order chi connectivity index (χ0) is 14.0. The molecule has 2 aliphatic heterocycles. The molecule has 0 aromatic carbocycles. The van der Waals surface area contributed by atoms with Crippen molar-refractivity contribution in [2.24, 2.45) is 5.73 Å². The number of rotatable bonds is 3. The fourth-order valence-electron chi connectivity index (χ4n) is 3.67. The van der Waals surface area contributed by atoms with E-state index in [1.54, 1.807) is 0 Å². The van der Waals surface area contributed by atoms with Crippen LogP contribution in [0.3, 0.4) is 0 Å². The highest BCUT2D eigenvalue weighted by atomic mass is 15.3. The molecule has 20 heavy (non-hydrogen) atoms. The Hall–Kier alpha value is -0.980. The highest BCUT2D eigenvalue weighted by molar-refractivity contribution is 5.00. The van der Waals surface area contributed by atoms with Crippen LogP contribution < -0.4 is 5.73 Å². The van der Waals surface area contributed by atoms with Crippen LogP contribution in [0.4, 0.5) is 0 Å². The van der Waals surface area contributed by atoms with Gasteiger partial charge in [-0.15, -0.1) is 10.2 Å². The number of hydrogen-bond donors (Lipinski definition) is 1. The molecular formula is C14H26N6. The van der Waals surface area contributed by atoms with E-state index in [4.69, 9.17) is 5.73 Å². The van der Waals surface area contributed by atoms with Crippen molar-refractivity contribution in [3.05, 3.63) is 12.2 Å². The quantitative estimate of drug-likeness (QED) is 0.861. The van der Waals surface area contributed by atoms with Gasteiger partial charge in [-0.3, -0.25) is 4.90 Å². The highest BCUT2D eigenvalue weighted by Gasteiger charge is 2.38. The molecule has 0 bridgehead atoms. The zero-order valence-corrected chi connectivity index (χ0v) is 12.5. The van der Waals surface area contributed by atoms with Crippen LogP contribution in [-0.2, 0) is 13.1 Å². The van der Waals surface area contributed by atoms with Crippen LogP contribution in [0.1, 0.15) is 32.0 Å². The second kappa shape index (κ2) is 5.79. The molecule has 2 N–H and O–H groups in total. The second-order valence-electron chi connectivity index (χ2n) is 6.08. The molecule has 0 spiro atoms. The molecule has 6 heteroatoms. The van der Waals surface area contributed by atoms with Crippen molar-refractivity contribution in [2.75, 3.05) is 32.7 Å². The summed E-state index contributed by atoms with van der Waals surface area (Å²) in [7, 11) is 0. The molecule has 3 rings (SSSR count). The monoisotopic (exact) mass is 278 g/mol. The van der Waals surface area contributed by atoms with E-state index in [0.717, 1.165) is 45.1 Å². The third-order valence-electron chi connectivity index (χ3n) is 5.15. The number of nitrogens with two attached hydrogens (primary N) is 1. The van der Waals surface area contributed by atoms with Gasteiger partial charge in [0.1, 0.15) is 12.2 Å². The molecule has 1 unspecified atom stereocenters. The molecule has 0 radical (unpaired) electrons. The van der Waals surface area contributed by atoms with Crippen molar-refractivity contribution in [3.8, 4) is 0 Å². The second-order valence-corrected chi connectivity index (χ2v) is 6.08. The molecule has 1 aromatic rings. The Balaban J connectivity index is 1.76. The Morgan fingerprint density at radius 3 is 2.95 bits per heavy atom. The largest absolute Gasteiger partial charge is 0.329 e. The number of fused-ring (bicyclic) bond motifs is 1. The maximum absolute atomic E-state index is 6.22. The fraction of sp³-hybridized carbons (Fsp3) is 0.857. The Morgan fingerprint density at radius 1 is 1.25 bits per heavy atom. The molecular weight excluding hydrogens is 252 g/mol. The SMILES string of the molecule is CCN1CCCC(CN)(N2CCn3cnnc3C2)CC1. The summed E-state index contributed by atoms with van der Waals surface area (Å²) in [5, 5.41) is 8.26. The summed E-state index contributed by atoms with van der Waals surface area (Å²) < 4.78 is 2.16. The van der Waals surface area contributed by atoms with Crippen LogP contribution in [0.2, 0.25) is 0 Å². The number of likely N-dealkylation sites (tertiary alicyclic amines) is 1. The Labute approximate surface area is 120 Å². The minimum Gasteiger partial charge on any atom is -0.329 e. The average Bonchev–Trinajstić information content (AvgIpc) is 2.85. The van der Waals surface area contributed by atoms with Crippen LogP contribution in [0, 0.1) is 0 Å². The highest BCUT2D eigenvalue weighted by Crippen LogP contribution is 2.30. The lowest BCUT2D eigenvalue weighted by molar-refractivity contribution is 0.0500. The number of hydrogen-bond acceptors (Lipinski definition) is 5. The van der Waals surface area contributed by atoms with E-state index in [2.05, 4.69) is 31.5 Å². The van der Waals surface area contributed by atoms with E-state index in [-0.39, 0.29) is 5.54 Å². The summed E-state index contributed by atoms with van der Waals surface area (Å²) in [6.45, 7) is 9.46. The first-order valence-electron chi connectivity index (χ1n) is 7.81. The predicted molar refractivity (Wildman–Crippen MR) is 78.2 cm³/mol. The van der Waals surface area contributed by atoms with Crippen molar-refractivity contribution in [3.63, 3.8) is 0 Å². The van der Waals surface area contributed by atoms with Crippen molar-refractivity contribution < 1.29 is 0 Å². The van der Waals surface area contributed by atoms with Gasteiger partial charge >= 0.3 is 0 Å². The van der Waals surface area contributed by atoms with Crippen LogP contribution in [0.15, 0.2) is 6.33 Å².